The third kappa shape index (κ3) is 1.73. The van der Waals surface area contributed by atoms with Gasteiger partial charge in [-0.05, 0) is 55.3 Å². The number of piperidine rings is 1. The molecule has 0 amide bonds. The van der Waals surface area contributed by atoms with E-state index in [1.165, 1.54) is 19.3 Å². The summed E-state index contributed by atoms with van der Waals surface area (Å²) >= 11 is 0. The standard InChI is InChI=1S/C16H25N5/c1-8-4-5-21(7-11(8)17)16-18-15(19-20-16)14-12-9-2-3-10(6-9)13(12)14/h8-14H,2-7,17H2,1H3,(H,18,19,20). The maximum absolute atomic E-state index is 6.20. The van der Waals surface area contributed by atoms with Crippen LogP contribution in [0, 0.1) is 29.6 Å². The highest BCUT2D eigenvalue weighted by Crippen LogP contribution is 2.72. The van der Waals surface area contributed by atoms with Crippen molar-refractivity contribution < 1.29 is 0 Å². The average molecular weight is 287 g/mol. The number of hydrogen-bond donors (Lipinski definition) is 2. The summed E-state index contributed by atoms with van der Waals surface area (Å²) in [5.74, 6) is 7.16. The minimum absolute atomic E-state index is 0.247. The van der Waals surface area contributed by atoms with Crippen LogP contribution in [0.4, 0.5) is 5.95 Å². The number of nitrogens with one attached hydrogen (secondary N) is 1. The van der Waals surface area contributed by atoms with E-state index in [1.807, 2.05) is 0 Å². The maximum Gasteiger partial charge on any atom is 0.244 e. The van der Waals surface area contributed by atoms with E-state index in [0.29, 0.717) is 11.8 Å². The summed E-state index contributed by atoms with van der Waals surface area (Å²) in [6, 6.07) is 0.247. The lowest BCUT2D eigenvalue weighted by Crippen LogP contribution is -2.48. The van der Waals surface area contributed by atoms with Crippen LogP contribution in [0.3, 0.4) is 0 Å². The summed E-state index contributed by atoms with van der Waals surface area (Å²) in [4.78, 5) is 7.10. The summed E-state index contributed by atoms with van der Waals surface area (Å²) in [5, 5.41) is 7.74. The Kier molecular flexibility index (Phi) is 2.50. The second-order valence-corrected chi connectivity index (χ2v) is 7.91. The van der Waals surface area contributed by atoms with E-state index >= 15 is 0 Å². The van der Waals surface area contributed by atoms with Gasteiger partial charge in [0.1, 0.15) is 5.82 Å². The van der Waals surface area contributed by atoms with Crippen LogP contribution in [-0.4, -0.2) is 34.3 Å². The van der Waals surface area contributed by atoms with E-state index in [2.05, 4.69) is 22.0 Å². The van der Waals surface area contributed by atoms with Crippen molar-refractivity contribution in [3.8, 4) is 0 Å². The maximum atomic E-state index is 6.20. The van der Waals surface area contributed by atoms with Crippen LogP contribution in [0.5, 0.6) is 0 Å². The highest BCUT2D eigenvalue weighted by molar-refractivity contribution is 5.33. The van der Waals surface area contributed by atoms with Crippen molar-refractivity contribution >= 4 is 5.95 Å². The molecule has 114 valence electrons. The van der Waals surface area contributed by atoms with Gasteiger partial charge in [0.25, 0.3) is 0 Å². The second kappa shape index (κ2) is 4.22. The Balaban J connectivity index is 1.32. The SMILES string of the molecule is CC1CCN(c2n[nH]c(C3C4C5CCC(C5)C34)n2)CC1N. The lowest BCUT2D eigenvalue weighted by Gasteiger charge is -2.34. The van der Waals surface area contributed by atoms with Gasteiger partial charge in [-0.25, -0.2) is 0 Å². The topological polar surface area (TPSA) is 70.8 Å². The van der Waals surface area contributed by atoms with Crippen LogP contribution in [0.2, 0.25) is 0 Å². The third-order valence-electron chi connectivity index (χ3n) is 6.84. The zero-order valence-corrected chi connectivity index (χ0v) is 12.7. The highest BCUT2D eigenvalue weighted by atomic mass is 15.4. The molecule has 2 bridgehead atoms. The van der Waals surface area contributed by atoms with Gasteiger partial charge < -0.3 is 10.6 Å². The lowest BCUT2D eigenvalue weighted by molar-refractivity contribution is 0.376. The molecule has 0 spiro atoms. The summed E-state index contributed by atoms with van der Waals surface area (Å²) in [6.45, 7) is 4.17. The molecule has 4 fully saturated rings. The largest absolute Gasteiger partial charge is 0.338 e. The van der Waals surface area contributed by atoms with Crippen molar-refractivity contribution in [2.45, 2.75) is 44.6 Å². The number of nitrogens with two attached hydrogens (primary N) is 1. The van der Waals surface area contributed by atoms with Crippen molar-refractivity contribution in [1.29, 1.82) is 0 Å². The monoisotopic (exact) mass is 287 g/mol. The fourth-order valence-corrected chi connectivity index (χ4v) is 5.53. The molecule has 1 aliphatic heterocycles. The summed E-state index contributed by atoms with van der Waals surface area (Å²) in [6.07, 6.45) is 5.56. The van der Waals surface area contributed by atoms with Crippen molar-refractivity contribution in [3.05, 3.63) is 5.82 Å². The second-order valence-electron chi connectivity index (χ2n) is 7.91. The molecule has 5 heteroatoms. The normalized spacial score (nSPS) is 47.7. The van der Waals surface area contributed by atoms with Crippen molar-refractivity contribution in [3.63, 3.8) is 0 Å². The Hall–Kier alpha value is -1.10. The first kappa shape index (κ1) is 12.4. The molecule has 3 aliphatic carbocycles. The molecule has 21 heavy (non-hydrogen) atoms. The van der Waals surface area contributed by atoms with E-state index in [1.54, 1.807) is 0 Å². The number of H-pyrrole nitrogens is 1. The number of anilines is 1. The van der Waals surface area contributed by atoms with Crippen LogP contribution >= 0.6 is 0 Å². The summed E-state index contributed by atoms with van der Waals surface area (Å²) in [5.41, 5.74) is 6.20. The lowest BCUT2D eigenvalue weighted by atomic mass is 9.95. The van der Waals surface area contributed by atoms with Crippen molar-refractivity contribution in [1.82, 2.24) is 15.2 Å². The van der Waals surface area contributed by atoms with Gasteiger partial charge in [0.15, 0.2) is 0 Å². The molecule has 4 aliphatic rings. The number of aromatic nitrogens is 3. The Morgan fingerprint density at radius 1 is 1.19 bits per heavy atom. The van der Waals surface area contributed by atoms with Crippen LogP contribution < -0.4 is 10.6 Å². The predicted molar refractivity (Wildman–Crippen MR) is 80.9 cm³/mol. The molecular weight excluding hydrogens is 262 g/mol. The Bertz CT molecular complexity index is 539. The van der Waals surface area contributed by atoms with Crippen LogP contribution in [-0.2, 0) is 0 Å². The van der Waals surface area contributed by atoms with Gasteiger partial charge in [0, 0.05) is 25.0 Å². The van der Waals surface area contributed by atoms with Crippen molar-refractivity contribution in [2.75, 3.05) is 18.0 Å². The average Bonchev–Trinajstić information content (AvgIpc) is 2.90. The van der Waals surface area contributed by atoms with Crippen LogP contribution in [0.1, 0.15) is 44.3 Å². The molecule has 1 aromatic heterocycles. The van der Waals surface area contributed by atoms with Crippen LogP contribution in [0.15, 0.2) is 0 Å². The van der Waals surface area contributed by atoms with Gasteiger partial charge in [-0.3, -0.25) is 5.10 Å². The molecule has 2 heterocycles. The molecule has 6 atom stereocenters. The summed E-state index contributed by atoms with van der Waals surface area (Å²) in [7, 11) is 0. The molecular formula is C16H25N5. The zero-order valence-electron chi connectivity index (χ0n) is 12.7. The molecule has 5 nitrogen and oxygen atoms in total. The van der Waals surface area contributed by atoms with E-state index in [9.17, 15) is 0 Å². The smallest absolute Gasteiger partial charge is 0.244 e. The van der Waals surface area contributed by atoms with Gasteiger partial charge >= 0.3 is 0 Å². The van der Waals surface area contributed by atoms with Gasteiger partial charge in [-0.1, -0.05) is 6.92 Å². The van der Waals surface area contributed by atoms with Gasteiger partial charge in [0.2, 0.25) is 5.95 Å². The quantitative estimate of drug-likeness (QED) is 0.869. The van der Waals surface area contributed by atoms with E-state index < -0.39 is 0 Å². The molecule has 0 radical (unpaired) electrons. The molecule has 6 unspecified atom stereocenters. The number of fused-ring (bicyclic) bond motifs is 5. The van der Waals surface area contributed by atoms with E-state index in [-0.39, 0.29) is 6.04 Å². The fourth-order valence-electron chi connectivity index (χ4n) is 5.53. The Morgan fingerprint density at radius 3 is 2.67 bits per heavy atom. The van der Waals surface area contributed by atoms with Crippen LogP contribution in [0.25, 0.3) is 0 Å². The highest BCUT2D eigenvalue weighted by Gasteiger charge is 2.66. The van der Waals surface area contributed by atoms with Crippen molar-refractivity contribution in [2.24, 2.45) is 35.3 Å². The molecule has 3 saturated carbocycles. The minimum Gasteiger partial charge on any atom is -0.338 e. The predicted octanol–water partition coefficient (Wildman–Crippen LogP) is 1.74. The fraction of sp³-hybridized carbons (Fsp3) is 0.875. The zero-order chi connectivity index (χ0) is 14.1. The third-order valence-corrected chi connectivity index (χ3v) is 6.84. The first-order chi connectivity index (χ1) is 10.2. The molecule has 1 saturated heterocycles. The van der Waals surface area contributed by atoms with E-state index in [4.69, 9.17) is 10.7 Å². The molecule has 0 aromatic carbocycles. The Morgan fingerprint density at radius 2 is 1.95 bits per heavy atom. The first-order valence-corrected chi connectivity index (χ1v) is 8.65. The molecule has 1 aromatic rings. The number of aromatic amines is 1. The molecule has 5 rings (SSSR count). The van der Waals surface area contributed by atoms with E-state index in [0.717, 1.165) is 55.0 Å². The summed E-state index contributed by atoms with van der Waals surface area (Å²) < 4.78 is 0. The first-order valence-electron chi connectivity index (χ1n) is 8.65. The van der Waals surface area contributed by atoms with Gasteiger partial charge in [-0.2, -0.15) is 4.98 Å². The minimum atomic E-state index is 0.247. The number of nitrogens with zero attached hydrogens (tertiary/aromatic N) is 3. The molecule has 3 N–H and O–H groups in total. The Labute approximate surface area is 125 Å². The van der Waals surface area contributed by atoms with Gasteiger partial charge in [0.05, 0.1) is 0 Å². The number of rotatable bonds is 2. The van der Waals surface area contributed by atoms with Gasteiger partial charge in [-0.15, -0.1) is 5.10 Å². The number of hydrogen-bond acceptors (Lipinski definition) is 4.